The molecule has 0 aliphatic rings. The Morgan fingerprint density at radius 1 is 1.42 bits per heavy atom. The van der Waals surface area contributed by atoms with Crippen molar-refractivity contribution in [3.05, 3.63) is 61.8 Å². The topological polar surface area (TPSA) is 68.1 Å². The Hall–Kier alpha value is -1.66. The van der Waals surface area contributed by atoms with E-state index in [4.69, 9.17) is 11.6 Å². The third kappa shape index (κ3) is 3.42. The second-order valence-electron chi connectivity index (χ2n) is 3.74. The predicted octanol–water partition coefficient (Wildman–Crippen LogP) is 4.02. The van der Waals surface area contributed by atoms with Gasteiger partial charge in [-0.3, -0.25) is 15.1 Å². The fraction of sp³-hybridized carbons (Fsp3) is 0.0833. The molecule has 0 atom stereocenters. The van der Waals surface area contributed by atoms with E-state index in [2.05, 4.69) is 26.2 Å². The highest BCUT2D eigenvalue weighted by atomic mass is 79.9. The number of aromatic nitrogens is 1. The maximum atomic E-state index is 11.0. The molecule has 0 saturated heterocycles. The van der Waals surface area contributed by atoms with E-state index in [-0.39, 0.29) is 5.69 Å². The van der Waals surface area contributed by atoms with Crippen LogP contribution in [0.2, 0.25) is 5.02 Å². The third-order valence-electron chi connectivity index (χ3n) is 2.48. The van der Waals surface area contributed by atoms with Gasteiger partial charge < -0.3 is 5.32 Å². The highest BCUT2D eigenvalue weighted by molar-refractivity contribution is 9.10. The van der Waals surface area contributed by atoms with E-state index in [0.29, 0.717) is 27.3 Å². The second-order valence-corrected chi connectivity index (χ2v) is 5.06. The molecule has 0 saturated carbocycles. The molecule has 1 N–H and O–H groups in total. The summed E-state index contributed by atoms with van der Waals surface area (Å²) in [5.41, 5.74) is 1.27. The van der Waals surface area contributed by atoms with E-state index in [1.165, 1.54) is 6.07 Å². The summed E-state index contributed by atoms with van der Waals surface area (Å²) in [6.07, 6.45) is 3.16. The Kier molecular flexibility index (Phi) is 4.34. The number of nitrogens with zero attached hydrogens (tertiary/aromatic N) is 2. The molecule has 1 aromatic heterocycles. The first-order valence-corrected chi connectivity index (χ1v) is 6.51. The molecule has 98 valence electrons. The first-order chi connectivity index (χ1) is 9.08. The van der Waals surface area contributed by atoms with Gasteiger partial charge in [-0.25, -0.2) is 0 Å². The van der Waals surface area contributed by atoms with Gasteiger partial charge >= 0.3 is 0 Å². The monoisotopic (exact) mass is 341 g/mol. The van der Waals surface area contributed by atoms with Crippen molar-refractivity contribution in [2.45, 2.75) is 6.54 Å². The number of benzene rings is 1. The second kappa shape index (κ2) is 5.99. The number of hydrogen-bond acceptors (Lipinski definition) is 4. The molecule has 1 aromatic carbocycles. The summed E-state index contributed by atoms with van der Waals surface area (Å²) in [5, 5.41) is 14.5. The third-order valence-corrected chi connectivity index (χ3v) is 3.30. The molecule has 1 heterocycles. The molecule has 2 aromatic rings. The lowest BCUT2D eigenvalue weighted by Crippen LogP contribution is -2.03. The lowest BCUT2D eigenvalue weighted by molar-refractivity contribution is -0.385. The number of halogens is 2. The number of hydrogen-bond donors (Lipinski definition) is 1. The van der Waals surface area contributed by atoms with Crippen molar-refractivity contribution in [2.75, 3.05) is 5.32 Å². The molecule has 0 amide bonds. The van der Waals surface area contributed by atoms with Crippen LogP contribution in [0, 0.1) is 10.1 Å². The molecular weight excluding hydrogens is 334 g/mol. The summed E-state index contributed by atoms with van der Waals surface area (Å²) in [7, 11) is 0. The van der Waals surface area contributed by atoms with E-state index >= 15 is 0 Å². The van der Waals surface area contributed by atoms with Gasteiger partial charge in [-0.2, -0.15) is 0 Å². The molecule has 0 spiro atoms. The van der Waals surface area contributed by atoms with Crippen molar-refractivity contribution in [1.82, 2.24) is 4.98 Å². The molecule has 0 aliphatic heterocycles. The first kappa shape index (κ1) is 13.8. The fourth-order valence-electron chi connectivity index (χ4n) is 1.55. The number of anilines is 1. The normalized spacial score (nSPS) is 10.2. The highest BCUT2D eigenvalue weighted by Crippen LogP contribution is 2.25. The zero-order valence-corrected chi connectivity index (χ0v) is 12.0. The van der Waals surface area contributed by atoms with E-state index in [0.717, 1.165) is 0 Å². The lowest BCUT2D eigenvalue weighted by atomic mass is 10.2. The Labute approximate surface area is 122 Å². The van der Waals surface area contributed by atoms with Gasteiger partial charge in [0.25, 0.3) is 5.69 Å². The average molecular weight is 343 g/mol. The Morgan fingerprint density at radius 3 is 2.89 bits per heavy atom. The van der Waals surface area contributed by atoms with Crippen molar-refractivity contribution in [2.24, 2.45) is 0 Å². The maximum absolute atomic E-state index is 11.0. The van der Waals surface area contributed by atoms with Gasteiger partial charge in [0.2, 0.25) is 0 Å². The first-order valence-electron chi connectivity index (χ1n) is 5.34. The van der Waals surface area contributed by atoms with Gasteiger partial charge in [0, 0.05) is 28.8 Å². The molecule has 0 radical (unpaired) electrons. The summed E-state index contributed by atoms with van der Waals surface area (Å²) in [6.45, 7) is 0.301. The van der Waals surface area contributed by atoms with Crippen LogP contribution < -0.4 is 5.32 Å². The summed E-state index contributed by atoms with van der Waals surface area (Å²) in [5.74, 6) is 0. The van der Waals surface area contributed by atoms with Crippen LogP contribution in [-0.2, 0) is 6.54 Å². The highest BCUT2D eigenvalue weighted by Gasteiger charge is 2.14. The van der Waals surface area contributed by atoms with E-state index in [1.54, 1.807) is 30.6 Å². The Bertz CT molecular complexity index is 622. The summed E-state index contributed by atoms with van der Waals surface area (Å²) in [4.78, 5) is 14.5. The van der Waals surface area contributed by atoms with E-state index in [9.17, 15) is 10.1 Å². The minimum absolute atomic E-state index is 0.0573. The van der Waals surface area contributed by atoms with Crippen molar-refractivity contribution in [3.63, 3.8) is 0 Å². The van der Waals surface area contributed by atoms with Crippen LogP contribution in [0.15, 0.2) is 41.1 Å². The molecule has 0 fully saturated rings. The molecular formula is C12H9BrClN3O2. The van der Waals surface area contributed by atoms with Gasteiger partial charge in [0.1, 0.15) is 0 Å². The molecule has 7 heteroatoms. The Morgan fingerprint density at radius 2 is 2.21 bits per heavy atom. The summed E-state index contributed by atoms with van der Waals surface area (Å²) < 4.78 is 0.669. The zero-order valence-electron chi connectivity index (χ0n) is 9.64. The standard InChI is InChI=1S/C12H9BrClN3O2/c13-9-2-1-8(12(5-9)17(18)19)6-16-11-7-15-4-3-10(11)14/h1-5,7,16H,6H2. The van der Waals surface area contributed by atoms with Gasteiger partial charge in [-0.15, -0.1) is 0 Å². The summed E-state index contributed by atoms with van der Waals surface area (Å²) in [6, 6.07) is 6.58. The quantitative estimate of drug-likeness (QED) is 0.673. The van der Waals surface area contributed by atoms with Gasteiger partial charge in [-0.1, -0.05) is 27.5 Å². The largest absolute Gasteiger partial charge is 0.378 e. The number of nitrogens with one attached hydrogen (secondary N) is 1. The fourth-order valence-corrected chi connectivity index (χ4v) is 2.08. The van der Waals surface area contributed by atoms with Crippen LogP contribution in [0.1, 0.15) is 5.56 Å². The molecule has 0 aliphatic carbocycles. The van der Waals surface area contributed by atoms with Gasteiger partial charge in [0.15, 0.2) is 0 Å². The van der Waals surface area contributed by atoms with E-state index < -0.39 is 4.92 Å². The molecule has 19 heavy (non-hydrogen) atoms. The zero-order chi connectivity index (χ0) is 13.8. The van der Waals surface area contributed by atoms with Gasteiger partial charge in [-0.05, 0) is 18.2 Å². The van der Waals surface area contributed by atoms with Crippen LogP contribution in [0.4, 0.5) is 11.4 Å². The van der Waals surface area contributed by atoms with Crippen molar-refractivity contribution in [1.29, 1.82) is 0 Å². The number of rotatable bonds is 4. The number of pyridine rings is 1. The van der Waals surface area contributed by atoms with Crippen molar-refractivity contribution >= 4 is 38.9 Å². The summed E-state index contributed by atoms with van der Waals surface area (Å²) >= 11 is 9.19. The van der Waals surface area contributed by atoms with Crippen molar-refractivity contribution < 1.29 is 4.92 Å². The maximum Gasteiger partial charge on any atom is 0.275 e. The van der Waals surface area contributed by atoms with Crippen LogP contribution in [0.3, 0.4) is 0 Å². The predicted molar refractivity (Wildman–Crippen MR) is 77.4 cm³/mol. The van der Waals surface area contributed by atoms with Crippen molar-refractivity contribution in [3.8, 4) is 0 Å². The van der Waals surface area contributed by atoms with E-state index in [1.807, 2.05) is 0 Å². The molecule has 5 nitrogen and oxygen atoms in total. The van der Waals surface area contributed by atoms with Crippen LogP contribution in [-0.4, -0.2) is 9.91 Å². The van der Waals surface area contributed by atoms with Crippen LogP contribution in [0.5, 0.6) is 0 Å². The number of nitro benzene ring substituents is 1. The smallest absolute Gasteiger partial charge is 0.275 e. The molecule has 0 unspecified atom stereocenters. The van der Waals surface area contributed by atoms with Crippen LogP contribution in [0.25, 0.3) is 0 Å². The van der Waals surface area contributed by atoms with Crippen LogP contribution >= 0.6 is 27.5 Å². The minimum atomic E-state index is -0.410. The minimum Gasteiger partial charge on any atom is -0.378 e. The lowest BCUT2D eigenvalue weighted by Gasteiger charge is -2.08. The van der Waals surface area contributed by atoms with Gasteiger partial charge in [0.05, 0.1) is 21.8 Å². The average Bonchev–Trinajstić information content (AvgIpc) is 2.38. The molecule has 0 bridgehead atoms. The Balaban J connectivity index is 2.20. The SMILES string of the molecule is O=[N+]([O-])c1cc(Br)ccc1CNc1cnccc1Cl. The molecule has 2 rings (SSSR count). The number of nitro groups is 1.